The molecule has 1 aliphatic carbocycles. The van der Waals surface area contributed by atoms with Crippen molar-refractivity contribution in [2.24, 2.45) is 5.92 Å². The Bertz CT molecular complexity index is 570. The summed E-state index contributed by atoms with van der Waals surface area (Å²) in [6.07, 6.45) is 1.23. The van der Waals surface area contributed by atoms with E-state index in [0.29, 0.717) is 12.5 Å². The second kappa shape index (κ2) is 4.72. The van der Waals surface area contributed by atoms with Gasteiger partial charge in [-0.2, -0.15) is 0 Å². The van der Waals surface area contributed by atoms with Gasteiger partial charge in [-0.3, -0.25) is 0 Å². The average molecular weight is 259 g/mol. The lowest BCUT2D eigenvalue weighted by Crippen LogP contribution is -1.99. The van der Waals surface area contributed by atoms with Gasteiger partial charge in [-0.25, -0.2) is 4.39 Å². The van der Waals surface area contributed by atoms with Crippen LogP contribution in [0.15, 0.2) is 34.7 Å². The summed E-state index contributed by atoms with van der Waals surface area (Å²) in [4.78, 5) is 0. The zero-order valence-corrected chi connectivity index (χ0v) is 11.2. The molecule has 1 aliphatic rings. The van der Waals surface area contributed by atoms with Crippen molar-refractivity contribution in [1.82, 2.24) is 0 Å². The van der Waals surface area contributed by atoms with E-state index in [9.17, 15) is 4.39 Å². The normalized spacial score (nSPS) is 21.4. The van der Waals surface area contributed by atoms with Crippen LogP contribution < -0.4 is 5.32 Å². The minimum atomic E-state index is -0.213. The van der Waals surface area contributed by atoms with Crippen molar-refractivity contribution in [3.8, 4) is 0 Å². The first kappa shape index (κ1) is 12.3. The topological polar surface area (TPSA) is 25.2 Å². The van der Waals surface area contributed by atoms with Crippen LogP contribution in [0.4, 0.5) is 10.1 Å². The minimum Gasteiger partial charge on any atom is -0.464 e. The number of hydrogen-bond donors (Lipinski definition) is 1. The smallest absolute Gasteiger partial charge is 0.125 e. The third kappa shape index (κ3) is 2.80. The molecule has 1 aromatic carbocycles. The predicted molar refractivity (Wildman–Crippen MR) is 73.7 cm³/mol. The number of benzene rings is 1. The van der Waals surface area contributed by atoms with E-state index in [2.05, 4.69) is 18.3 Å². The number of halogens is 1. The van der Waals surface area contributed by atoms with E-state index in [4.69, 9.17) is 4.42 Å². The minimum absolute atomic E-state index is 0.213. The summed E-state index contributed by atoms with van der Waals surface area (Å²) in [5.41, 5.74) is 1.70. The van der Waals surface area contributed by atoms with E-state index in [1.54, 1.807) is 0 Å². The van der Waals surface area contributed by atoms with Gasteiger partial charge in [0.15, 0.2) is 0 Å². The molecule has 3 heteroatoms. The molecule has 0 radical (unpaired) electrons. The summed E-state index contributed by atoms with van der Waals surface area (Å²) in [5, 5.41) is 3.19. The molecule has 2 aromatic rings. The van der Waals surface area contributed by atoms with Gasteiger partial charge in [-0.05, 0) is 55.2 Å². The summed E-state index contributed by atoms with van der Waals surface area (Å²) in [6, 6.07) is 9.00. The molecule has 3 rings (SSSR count). The van der Waals surface area contributed by atoms with Crippen molar-refractivity contribution in [3.63, 3.8) is 0 Å². The van der Waals surface area contributed by atoms with E-state index in [1.807, 2.05) is 19.1 Å². The number of hydrogen-bond acceptors (Lipinski definition) is 2. The first-order valence-corrected chi connectivity index (χ1v) is 6.71. The molecule has 1 saturated carbocycles. The molecule has 0 saturated heterocycles. The van der Waals surface area contributed by atoms with Gasteiger partial charge in [0.2, 0.25) is 0 Å². The quantitative estimate of drug-likeness (QED) is 0.876. The lowest BCUT2D eigenvalue weighted by molar-refractivity contribution is 0.468. The number of anilines is 1. The Hall–Kier alpha value is -1.77. The average Bonchev–Trinajstić information content (AvgIpc) is 2.89. The lowest BCUT2D eigenvalue weighted by Gasteiger charge is -2.06. The molecule has 0 amide bonds. The largest absolute Gasteiger partial charge is 0.464 e. The maximum Gasteiger partial charge on any atom is 0.125 e. The fraction of sp³-hybridized carbons (Fsp3) is 0.375. The van der Waals surface area contributed by atoms with E-state index in [0.717, 1.165) is 28.7 Å². The van der Waals surface area contributed by atoms with Crippen LogP contribution in [0, 0.1) is 18.7 Å². The highest BCUT2D eigenvalue weighted by molar-refractivity contribution is 5.46. The SMILES string of the molecule is Cc1cc(F)cc(NCc2ccc(C3CC3C)o2)c1. The molecule has 1 fully saturated rings. The molecule has 0 aliphatic heterocycles. The van der Waals surface area contributed by atoms with Crippen LogP contribution in [0.5, 0.6) is 0 Å². The fourth-order valence-corrected chi connectivity index (χ4v) is 2.43. The number of furan rings is 1. The molecule has 2 nitrogen and oxygen atoms in total. The summed E-state index contributed by atoms with van der Waals surface area (Å²) >= 11 is 0. The zero-order valence-electron chi connectivity index (χ0n) is 11.2. The summed E-state index contributed by atoms with van der Waals surface area (Å²) in [7, 11) is 0. The van der Waals surface area contributed by atoms with Crippen molar-refractivity contribution in [1.29, 1.82) is 0 Å². The Balaban J connectivity index is 1.64. The molecular weight excluding hydrogens is 241 g/mol. The van der Waals surface area contributed by atoms with Gasteiger partial charge in [0.1, 0.15) is 17.3 Å². The monoisotopic (exact) mass is 259 g/mol. The van der Waals surface area contributed by atoms with Gasteiger partial charge in [0.05, 0.1) is 6.54 Å². The van der Waals surface area contributed by atoms with Gasteiger partial charge >= 0.3 is 0 Å². The van der Waals surface area contributed by atoms with Gasteiger partial charge < -0.3 is 9.73 Å². The van der Waals surface area contributed by atoms with E-state index < -0.39 is 0 Å². The molecule has 2 unspecified atom stereocenters. The van der Waals surface area contributed by atoms with Crippen LogP contribution in [0.25, 0.3) is 0 Å². The van der Waals surface area contributed by atoms with Crippen LogP contribution in [0.1, 0.15) is 36.3 Å². The van der Waals surface area contributed by atoms with Crippen molar-refractivity contribution < 1.29 is 8.81 Å². The maximum absolute atomic E-state index is 13.3. The van der Waals surface area contributed by atoms with Crippen LogP contribution >= 0.6 is 0 Å². The van der Waals surface area contributed by atoms with Crippen molar-refractivity contribution >= 4 is 5.69 Å². The van der Waals surface area contributed by atoms with Gasteiger partial charge in [0.25, 0.3) is 0 Å². The van der Waals surface area contributed by atoms with Gasteiger partial charge in [-0.1, -0.05) is 6.92 Å². The number of rotatable bonds is 4. The summed E-state index contributed by atoms with van der Waals surface area (Å²) in [5.74, 6) is 3.12. The van der Waals surface area contributed by atoms with E-state index in [-0.39, 0.29) is 5.82 Å². The van der Waals surface area contributed by atoms with Crippen LogP contribution in [0.3, 0.4) is 0 Å². The Labute approximate surface area is 112 Å². The fourth-order valence-electron chi connectivity index (χ4n) is 2.43. The first-order valence-electron chi connectivity index (χ1n) is 6.71. The maximum atomic E-state index is 13.3. The molecular formula is C16H18FNO. The predicted octanol–water partition coefficient (Wildman–Crippen LogP) is 4.46. The van der Waals surface area contributed by atoms with Gasteiger partial charge in [-0.15, -0.1) is 0 Å². The standard InChI is InChI=1S/C16H18FNO/c1-10-5-12(17)8-13(6-10)18-9-14-3-4-16(19-14)15-7-11(15)2/h3-6,8,11,15,18H,7,9H2,1-2H3. The first-order chi connectivity index (χ1) is 9.11. The molecule has 2 atom stereocenters. The molecule has 0 spiro atoms. The Morgan fingerprint density at radius 3 is 2.79 bits per heavy atom. The third-order valence-electron chi connectivity index (χ3n) is 3.67. The van der Waals surface area contributed by atoms with E-state index in [1.165, 1.54) is 18.6 Å². The Kier molecular flexibility index (Phi) is 3.05. The Morgan fingerprint density at radius 1 is 1.32 bits per heavy atom. The molecule has 19 heavy (non-hydrogen) atoms. The van der Waals surface area contributed by atoms with Crippen molar-refractivity contribution in [3.05, 3.63) is 53.2 Å². The number of nitrogens with one attached hydrogen (secondary N) is 1. The second-order valence-corrected chi connectivity index (χ2v) is 5.49. The molecule has 0 bridgehead atoms. The highest BCUT2D eigenvalue weighted by Gasteiger charge is 2.36. The highest BCUT2D eigenvalue weighted by Crippen LogP contribution is 2.47. The zero-order chi connectivity index (χ0) is 13.4. The molecule has 1 aromatic heterocycles. The Morgan fingerprint density at radius 2 is 2.11 bits per heavy atom. The van der Waals surface area contributed by atoms with Crippen molar-refractivity contribution in [2.75, 3.05) is 5.32 Å². The van der Waals surface area contributed by atoms with Crippen LogP contribution in [-0.2, 0) is 6.54 Å². The molecule has 100 valence electrons. The number of aryl methyl sites for hydroxylation is 1. The molecule has 1 N–H and O–H groups in total. The molecule has 1 heterocycles. The highest BCUT2D eigenvalue weighted by atomic mass is 19.1. The summed E-state index contributed by atoms with van der Waals surface area (Å²) < 4.78 is 19.1. The van der Waals surface area contributed by atoms with E-state index >= 15 is 0 Å². The van der Waals surface area contributed by atoms with Crippen LogP contribution in [0.2, 0.25) is 0 Å². The van der Waals surface area contributed by atoms with Gasteiger partial charge in [0, 0.05) is 11.6 Å². The van der Waals surface area contributed by atoms with Crippen molar-refractivity contribution in [2.45, 2.75) is 32.7 Å². The summed E-state index contributed by atoms with van der Waals surface area (Å²) in [6.45, 7) is 4.71. The second-order valence-electron chi connectivity index (χ2n) is 5.49. The lowest BCUT2D eigenvalue weighted by atomic mass is 10.2. The van der Waals surface area contributed by atoms with Crippen LogP contribution in [-0.4, -0.2) is 0 Å². The third-order valence-corrected chi connectivity index (χ3v) is 3.67.